The number of hydrogen-bond acceptors (Lipinski definition) is 8. The van der Waals surface area contributed by atoms with Gasteiger partial charge in [0.25, 0.3) is 5.91 Å². The molecule has 208 valence electrons. The van der Waals surface area contributed by atoms with Gasteiger partial charge in [-0.3, -0.25) is 8.98 Å². The topological polar surface area (TPSA) is 106 Å². The fraction of sp³-hybridized carbons (Fsp3) is 0.407. The van der Waals surface area contributed by atoms with Crippen molar-refractivity contribution in [3.8, 4) is 0 Å². The number of anilines is 3. The van der Waals surface area contributed by atoms with Crippen LogP contribution >= 0.6 is 0 Å². The average Bonchev–Trinajstić information content (AvgIpc) is 3.13. The molecule has 0 aromatic heterocycles. The number of likely N-dealkylation sites (N-methyl/N-ethyl adjacent to an activating group) is 2. The first-order chi connectivity index (χ1) is 17.6. The Morgan fingerprint density at radius 2 is 1.55 bits per heavy atom. The van der Waals surface area contributed by atoms with Gasteiger partial charge in [0.1, 0.15) is 0 Å². The van der Waals surface area contributed by atoms with Crippen LogP contribution in [0.4, 0.5) is 17.1 Å². The number of nitrogens with zero attached hydrogens (tertiary/aromatic N) is 5. The third-order valence-electron chi connectivity index (χ3n) is 5.87. The molecule has 2 aromatic rings. The molecule has 11 heteroatoms. The molecular formula is C27H39N5O5S. The van der Waals surface area contributed by atoms with E-state index in [9.17, 15) is 17.8 Å². The molecule has 3 rings (SSSR count). The van der Waals surface area contributed by atoms with Crippen molar-refractivity contribution in [3.05, 3.63) is 59.7 Å². The SMILES string of the molecule is CCN(CC[N+](C)(C)C)c1ccc(N2N=C(C)/C(=C\c3ccc(N(C)C)cc3)C2=O)cc1.COS(=O)(=O)[O-]. The summed E-state index contributed by atoms with van der Waals surface area (Å²) in [4.78, 5) is 17.5. The second-order valence-corrected chi connectivity index (χ2v) is 11.2. The Morgan fingerprint density at radius 1 is 1.03 bits per heavy atom. The first kappa shape index (κ1) is 31.0. The van der Waals surface area contributed by atoms with Gasteiger partial charge in [-0.1, -0.05) is 12.1 Å². The Bertz CT molecular complexity index is 1250. The number of benzene rings is 2. The van der Waals surface area contributed by atoms with Gasteiger partial charge in [-0.15, -0.1) is 0 Å². The van der Waals surface area contributed by atoms with Gasteiger partial charge in [-0.2, -0.15) is 10.1 Å². The monoisotopic (exact) mass is 545 g/mol. The molecule has 0 N–H and O–H groups in total. The van der Waals surface area contributed by atoms with Crippen molar-refractivity contribution in [3.63, 3.8) is 0 Å². The van der Waals surface area contributed by atoms with Gasteiger partial charge in [-0.25, -0.2) is 8.42 Å². The highest BCUT2D eigenvalue weighted by Gasteiger charge is 2.28. The van der Waals surface area contributed by atoms with Crippen molar-refractivity contribution in [2.75, 3.05) is 76.8 Å². The van der Waals surface area contributed by atoms with Gasteiger partial charge < -0.3 is 18.8 Å². The third kappa shape index (κ3) is 9.25. The van der Waals surface area contributed by atoms with Gasteiger partial charge >= 0.3 is 0 Å². The maximum atomic E-state index is 13.1. The zero-order valence-corrected chi connectivity index (χ0v) is 24.3. The largest absolute Gasteiger partial charge is 0.726 e. The summed E-state index contributed by atoms with van der Waals surface area (Å²) in [6.45, 7) is 7.05. The maximum absolute atomic E-state index is 13.1. The summed E-state index contributed by atoms with van der Waals surface area (Å²) < 4.78 is 31.9. The molecule has 1 aliphatic heterocycles. The van der Waals surface area contributed by atoms with E-state index in [2.05, 4.69) is 59.3 Å². The summed E-state index contributed by atoms with van der Waals surface area (Å²) in [5.41, 5.74) is 5.42. The van der Waals surface area contributed by atoms with Crippen molar-refractivity contribution in [1.82, 2.24) is 0 Å². The maximum Gasteiger partial charge on any atom is 0.280 e. The summed E-state index contributed by atoms with van der Waals surface area (Å²) in [5.74, 6) is -0.0932. The normalized spacial score (nSPS) is 14.8. The molecular weight excluding hydrogens is 506 g/mol. The van der Waals surface area contributed by atoms with Crippen LogP contribution < -0.4 is 14.8 Å². The number of hydrogen-bond donors (Lipinski definition) is 0. The van der Waals surface area contributed by atoms with Crippen molar-refractivity contribution >= 4 is 45.2 Å². The molecule has 0 aliphatic carbocycles. The molecule has 1 heterocycles. The lowest BCUT2D eigenvalue weighted by atomic mass is 10.1. The summed E-state index contributed by atoms with van der Waals surface area (Å²) in [6.07, 6.45) is 1.92. The fourth-order valence-electron chi connectivity index (χ4n) is 3.59. The van der Waals surface area contributed by atoms with E-state index in [0.717, 1.165) is 59.6 Å². The minimum absolute atomic E-state index is 0.0932. The lowest BCUT2D eigenvalue weighted by Gasteiger charge is -2.29. The quantitative estimate of drug-likeness (QED) is 0.206. The van der Waals surface area contributed by atoms with Gasteiger partial charge in [0.05, 0.1) is 58.3 Å². The Hall–Kier alpha value is -3.25. The highest BCUT2D eigenvalue weighted by atomic mass is 32.3. The van der Waals surface area contributed by atoms with Crippen LogP contribution in [0.5, 0.6) is 0 Å². The van der Waals surface area contributed by atoms with Crippen molar-refractivity contribution in [2.24, 2.45) is 5.10 Å². The zero-order valence-electron chi connectivity index (χ0n) is 23.5. The van der Waals surface area contributed by atoms with Gasteiger partial charge in [0, 0.05) is 32.0 Å². The molecule has 0 fully saturated rings. The van der Waals surface area contributed by atoms with Gasteiger partial charge in [0.2, 0.25) is 10.4 Å². The van der Waals surface area contributed by atoms with Gasteiger partial charge in [0.15, 0.2) is 0 Å². The van der Waals surface area contributed by atoms with E-state index < -0.39 is 10.4 Å². The summed E-state index contributed by atoms with van der Waals surface area (Å²) in [6, 6.07) is 16.3. The first-order valence-corrected chi connectivity index (χ1v) is 13.5. The highest BCUT2D eigenvalue weighted by molar-refractivity contribution is 7.80. The van der Waals surface area contributed by atoms with Crippen LogP contribution in [-0.4, -0.2) is 91.1 Å². The van der Waals surface area contributed by atoms with Gasteiger partial charge in [-0.05, 0) is 61.9 Å². The minimum Gasteiger partial charge on any atom is -0.726 e. The Kier molecular flexibility index (Phi) is 10.6. The lowest BCUT2D eigenvalue weighted by Crippen LogP contribution is -2.42. The molecule has 1 amide bonds. The van der Waals surface area contributed by atoms with Crippen LogP contribution in [0, 0.1) is 0 Å². The van der Waals surface area contributed by atoms with E-state index in [1.54, 1.807) is 0 Å². The van der Waals surface area contributed by atoms with Crippen molar-refractivity contribution in [2.45, 2.75) is 13.8 Å². The van der Waals surface area contributed by atoms with Crippen LogP contribution in [0.1, 0.15) is 19.4 Å². The van der Waals surface area contributed by atoms with E-state index in [4.69, 9.17) is 0 Å². The number of hydrazone groups is 1. The predicted molar refractivity (Wildman–Crippen MR) is 153 cm³/mol. The molecule has 0 saturated heterocycles. The second-order valence-electron chi connectivity index (χ2n) is 10.0. The van der Waals surface area contributed by atoms with Crippen molar-refractivity contribution in [1.29, 1.82) is 0 Å². The molecule has 2 aromatic carbocycles. The second kappa shape index (κ2) is 13.0. The fourth-order valence-corrected chi connectivity index (χ4v) is 3.59. The Morgan fingerprint density at radius 3 is 2.00 bits per heavy atom. The smallest absolute Gasteiger partial charge is 0.280 e. The third-order valence-corrected chi connectivity index (χ3v) is 6.28. The minimum atomic E-state index is -4.41. The van der Waals surface area contributed by atoms with Crippen LogP contribution in [0.25, 0.3) is 6.08 Å². The number of quaternary nitrogens is 1. The number of carbonyl (C=O) groups is 1. The molecule has 0 atom stereocenters. The predicted octanol–water partition coefficient (Wildman–Crippen LogP) is 3.18. The molecule has 0 unspecified atom stereocenters. The molecule has 0 bridgehead atoms. The van der Waals surface area contributed by atoms with E-state index in [1.165, 1.54) is 5.01 Å². The average molecular weight is 546 g/mol. The van der Waals surface area contributed by atoms with Crippen LogP contribution in [0.3, 0.4) is 0 Å². The Labute approximate surface area is 227 Å². The van der Waals surface area contributed by atoms with E-state index in [1.807, 2.05) is 63.5 Å². The molecule has 0 spiro atoms. The molecule has 0 saturated carbocycles. The summed E-state index contributed by atoms with van der Waals surface area (Å²) in [7, 11) is 7.04. The summed E-state index contributed by atoms with van der Waals surface area (Å²) >= 11 is 0. The molecule has 1 aliphatic rings. The van der Waals surface area contributed by atoms with Crippen LogP contribution in [0.15, 0.2) is 59.2 Å². The highest BCUT2D eigenvalue weighted by Crippen LogP contribution is 2.27. The van der Waals surface area contributed by atoms with Crippen LogP contribution in [0.2, 0.25) is 0 Å². The Balaban J connectivity index is 0.000000757. The van der Waals surface area contributed by atoms with E-state index in [-0.39, 0.29) is 5.91 Å². The molecule has 0 radical (unpaired) electrons. The number of rotatable bonds is 9. The number of carbonyl (C=O) groups excluding carboxylic acids is 1. The molecule has 10 nitrogen and oxygen atoms in total. The zero-order chi connectivity index (χ0) is 28.7. The summed E-state index contributed by atoms with van der Waals surface area (Å²) in [5, 5.41) is 6.04. The number of amides is 1. The molecule has 38 heavy (non-hydrogen) atoms. The first-order valence-electron chi connectivity index (χ1n) is 12.2. The van der Waals surface area contributed by atoms with Crippen molar-refractivity contribution < 1.29 is 26.4 Å². The standard InChI is InChI=1S/C26H36N5O.CH4O4S/c1-8-29(17-18-31(5,6)7)23-13-15-24(16-14-23)30-26(32)25(20(2)27-30)19-21-9-11-22(12-10-21)28(3)4;1-5-6(2,3)4/h9-16,19H,8,17-18H2,1-7H3;1H3,(H,2,3,4)/q+1;/p-1/b25-19+;. The van der Waals surface area contributed by atoms with E-state index >= 15 is 0 Å². The van der Waals surface area contributed by atoms with Crippen LogP contribution in [-0.2, 0) is 19.4 Å². The van der Waals surface area contributed by atoms with E-state index in [0.29, 0.717) is 5.57 Å². The lowest BCUT2D eigenvalue weighted by molar-refractivity contribution is -0.868.